The second-order valence-electron chi connectivity index (χ2n) is 3.20. The van der Waals surface area contributed by atoms with Gasteiger partial charge in [0.2, 0.25) is 0 Å². The molecule has 0 fully saturated rings. The summed E-state index contributed by atoms with van der Waals surface area (Å²) >= 11 is 5.98. The van der Waals surface area contributed by atoms with Crippen LogP contribution in [0.4, 0.5) is 0 Å². The number of halogens is 1. The highest BCUT2D eigenvalue weighted by Crippen LogP contribution is 2.23. The fraction of sp³-hybridized carbons (Fsp3) is 0.182. The Hall–Kier alpha value is -1.48. The third kappa shape index (κ3) is 1.83. The van der Waals surface area contributed by atoms with Crippen molar-refractivity contribution < 1.29 is 5.11 Å². The summed E-state index contributed by atoms with van der Waals surface area (Å²) in [6.07, 6.45) is 1.63. The molecule has 4 heteroatoms. The van der Waals surface area contributed by atoms with Crippen LogP contribution in [0, 0.1) is 0 Å². The molecule has 1 aromatic carbocycles. The van der Waals surface area contributed by atoms with Crippen molar-refractivity contribution in [2.24, 2.45) is 0 Å². The van der Waals surface area contributed by atoms with Crippen LogP contribution in [0.25, 0.3) is 11.4 Å². The zero-order chi connectivity index (χ0) is 10.8. The van der Waals surface area contributed by atoms with Gasteiger partial charge in [-0.05, 0) is 31.2 Å². The SMILES string of the molecule is CCn1c(Cl)cnc1-c1ccc(O)cc1. The minimum atomic E-state index is 0.249. The molecule has 0 aliphatic rings. The predicted octanol–water partition coefficient (Wildman–Crippen LogP) is 2.93. The van der Waals surface area contributed by atoms with Crippen molar-refractivity contribution >= 4 is 11.6 Å². The van der Waals surface area contributed by atoms with Gasteiger partial charge in [-0.1, -0.05) is 11.6 Å². The highest BCUT2D eigenvalue weighted by Gasteiger charge is 2.08. The van der Waals surface area contributed by atoms with E-state index in [1.54, 1.807) is 18.3 Å². The molecular weight excluding hydrogens is 212 g/mol. The molecule has 2 aromatic rings. The zero-order valence-corrected chi connectivity index (χ0v) is 9.07. The first kappa shape index (κ1) is 10.1. The average Bonchev–Trinajstić information content (AvgIpc) is 2.61. The molecule has 0 saturated carbocycles. The molecule has 0 aliphatic carbocycles. The normalized spacial score (nSPS) is 10.5. The van der Waals surface area contributed by atoms with E-state index in [1.807, 2.05) is 23.6 Å². The molecule has 1 aromatic heterocycles. The van der Waals surface area contributed by atoms with E-state index in [1.165, 1.54) is 0 Å². The van der Waals surface area contributed by atoms with Gasteiger partial charge in [0.05, 0.1) is 6.20 Å². The van der Waals surface area contributed by atoms with Gasteiger partial charge < -0.3 is 9.67 Å². The van der Waals surface area contributed by atoms with Crippen LogP contribution in [0.1, 0.15) is 6.92 Å². The van der Waals surface area contributed by atoms with Gasteiger partial charge in [-0.2, -0.15) is 0 Å². The monoisotopic (exact) mass is 222 g/mol. The maximum Gasteiger partial charge on any atom is 0.141 e. The third-order valence-electron chi connectivity index (χ3n) is 2.25. The van der Waals surface area contributed by atoms with E-state index < -0.39 is 0 Å². The van der Waals surface area contributed by atoms with Crippen LogP contribution in [0.5, 0.6) is 5.75 Å². The third-order valence-corrected chi connectivity index (χ3v) is 2.55. The standard InChI is InChI=1S/C11H11ClN2O/c1-2-14-10(12)7-13-11(14)8-3-5-9(15)6-4-8/h3-7,15H,2H2,1H3. The van der Waals surface area contributed by atoms with E-state index in [9.17, 15) is 5.11 Å². The molecule has 0 radical (unpaired) electrons. The lowest BCUT2D eigenvalue weighted by Crippen LogP contribution is -1.97. The van der Waals surface area contributed by atoms with Crippen molar-refractivity contribution in [3.8, 4) is 17.1 Å². The van der Waals surface area contributed by atoms with Crippen LogP contribution in [0.2, 0.25) is 5.15 Å². The number of rotatable bonds is 2. The van der Waals surface area contributed by atoms with Crippen molar-refractivity contribution in [3.63, 3.8) is 0 Å². The summed E-state index contributed by atoms with van der Waals surface area (Å²) in [5, 5.41) is 9.81. The molecule has 2 rings (SSSR count). The van der Waals surface area contributed by atoms with Gasteiger partial charge in [0, 0.05) is 12.1 Å². The van der Waals surface area contributed by atoms with Gasteiger partial charge in [-0.25, -0.2) is 4.98 Å². The number of phenols is 1. The highest BCUT2D eigenvalue weighted by atomic mass is 35.5. The molecule has 0 atom stereocenters. The number of aromatic nitrogens is 2. The Morgan fingerprint density at radius 2 is 2.00 bits per heavy atom. The second kappa shape index (κ2) is 3.95. The quantitative estimate of drug-likeness (QED) is 0.849. The molecule has 78 valence electrons. The van der Waals surface area contributed by atoms with Gasteiger partial charge in [0.1, 0.15) is 16.7 Å². The van der Waals surface area contributed by atoms with Crippen molar-refractivity contribution in [2.45, 2.75) is 13.5 Å². The smallest absolute Gasteiger partial charge is 0.141 e. The van der Waals surface area contributed by atoms with E-state index in [4.69, 9.17) is 11.6 Å². The molecule has 0 amide bonds. The lowest BCUT2D eigenvalue weighted by molar-refractivity contribution is 0.475. The van der Waals surface area contributed by atoms with Crippen LogP contribution in [-0.4, -0.2) is 14.7 Å². The molecule has 0 saturated heterocycles. The summed E-state index contributed by atoms with van der Waals surface area (Å²) in [4.78, 5) is 4.24. The molecule has 1 heterocycles. The summed E-state index contributed by atoms with van der Waals surface area (Å²) in [5.74, 6) is 1.07. The minimum absolute atomic E-state index is 0.249. The molecule has 1 N–H and O–H groups in total. The highest BCUT2D eigenvalue weighted by molar-refractivity contribution is 6.29. The molecule has 0 aliphatic heterocycles. The first-order valence-corrected chi connectivity index (χ1v) is 5.10. The molecular formula is C11H11ClN2O. The van der Waals surface area contributed by atoms with Crippen LogP contribution >= 0.6 is 11.6 Å². The van der Waals surface area contributed by atoms with Crippen LogP contribution in [0.15, 0.2) is 30.5 Å². The van der Waals surface area contributed by atoms with Crippen LogP contribution < -0.4 is 0 Å². The Morgan fingerprint density at radius 3 is 2.60 bits per heavy atom. The van der Waals surface area contributed by atoms with Gasteiger partial charge >= 0.3 is 0 Å². The fourth-order valence-electron chi connectivity index (χ4n) is 1.50. The summed E-state index contributed by atoms with van der Waals surface area (Å²) in [7, 11) is 0. The van der Waals surface area contributed by atoms with Crippen molar-refractivity contribution in [1.82, 2.24) is 9.55 Å². The Labute approximate surface area is 93.0 Å². The maximum atomic E-state index is 9.18. The number of aromatic hydroxyl groups is 1. The lowest BCUT2D eigenvalue weighted by atomic mass is 10.2. The first-order chi connectivity index (χ1) is 7.22. The van der Waals surface area contributed by atoms with E-state index in [2.05, 4.69) is 4.98 Å². The van der Waals surface area contributed by atoms with Gasteiger partial charge in [-0.15, -0.1) is 0 Å². The Morgan fingerprint density at radius 1 is 1.33 bits per heavy atom. The average molecular weight is 223 g/mol. The van der Waals surface area contributed by atoms with E-state index in [0.29, 0.717) is 5.15 Å². The zero-order valence-electron chi connectivity index (χ0n) is 8.31. The molecule has 0 spiro atoms. The number of benzene rings is 1. The Bertz CT molecular complexity index is 462. The molecule has 3 nitrogen and oxygen atoms in total. The predicted molar refractivity (Wildman–Crippen MR) is 60.0 cm³/mol. The van der Waals surface area contributed by atoms with Crippen molar-refractivity contribution in [2.75, 3.05) is 0 Å². The van der Waals surface area contributed by atoms with Gasteiger partial charge in [-0.3, -0.25) is 0 Å². The number of imidazole rings is 1. The Kier molecular flexibility index (Phi) is 2.64. The molecule has 0 unspecified atom stereocenters. The van der Waals surface area contributed by atoms with Crippen LogP contribution in [0.3, 0.4) is 0 Å². The first-order valence-electron chi connectivity index (χ1n) is 4.72. The van der Waals surface area contributed by atoms with Crippen LogP contribution in [-0.2, 0) is 6.54 Å². The lowest BCUT2D eigenvalue weighted by Gasteiger charge is -2.05. The summed E-state index contributed by atoms with van der Waals surface area (Å²) in [6, 6.07) is 6.91. The topological polar surface area (TPSA) is 38.0 Å². The summed E-state index contributed by atoms with van der Waals surface area (Å²) in [6.45, 7) is 2.78. The van der Waals surface area contributed by atoms with E-state index in [-0.39, 0.29) is 5.75 Å². The number of hydrogen-bond acceptors (Lipinski definition) is 2. The molecule has 15 heavy (non-hydrogen) atoms. The molecule has 0 bridgehead atoms. The summed E-state index contributed by atoms with van der Waals surface area (Å²) in [5.41, 5.74) is 0.946. The Balaban J connectivity index is 2.49. The van der Waals surface area contributed by atoms with E-state index >= 15 is 0 Å². The fourth-order valence-corrected chi connectivity index (χ4v) is 1.75. The van der Waals surface area contributed by atoms with Gasteiger partial charge in [0.15, 0.2) is 0 Å². The van der Waals surface area contributed by atoms with Crippen molar-refractivity contribution in [3.05, 3.63) is 35.6 Å². The number of nitrogens with zero attached hydrogens (tertiary/aromatic N) is 2. The number of phenolic OH excluding ortho intramolecular Hbond substituents is 1. The van der Waals surface area contributed by atoms with E-state index in [0.717, 1.165) is 17.9 Å². The largest absolute Gasteiger partial charge is 0.508 e. The minimum Gasteiger partial charge on any atom is -0.508 e. The maximum absolute atomic E-state index is 9.18. The van der Waals surface area contributed by atoms with Crippen molar-refractivity contribution in [1.29, 1.82) is 0 Å². The second-order valence-corrected chi connectivity index (χ2v) is 3.58. The summed E-state index contributed by atoms with van der Waals surface area (Å²) < 4.78 is 1.91. The number of hydrogen-bond donors (Lipinski definition) is 1. The van der Waals surface area contributed by atoms with Gasteiger partial charge in [0.25, 0.3) is 0 Å².